The molecule has 90 valence electrons. The molecule has 0 heterocycles. The molecule has 0 spiro atoms. The Morgan fingerprint density at radius 3 is 2.50 bits per heavy atom. The Hall–Kier alpha value is -0.740. The molecule has 0 saturated carbocycles. The van der Waals surface area contributed by atoms with Crippen molar-refractivity contribution < 1.29 is 9.47 Å². The molecule has 0 saturated heterocycles. The summed E-state index contributed by atoms with van der Waals surface area (Å²) in [6.07, 6.45) is 0.962. The number of hydrogen-bond donors (Lipinski definition) is 1. The number of ether oxygens (including phenoxy) is 2. The molecule has 0 bridgehead atoms. The third kappa shape index (κ3) is 2.68. The van der Waals surface area contributed by atoms with Crippen LogP contribution in [0.25, 0.3) is 0 Å². The van der Waals surface area contributed by atoms with E-state index in [0.29, 0.717) is 0 Å². The predicted molar refractivity (Wildman–Crippen MR) is 69.6 cm³/mol. The van der Waals surface area contributed by atoms with Gasteiger partial charge in [0.15, 0.2) is 11.5 Å². The molecule has 0 aliphatic heterocycles. The maximum atomic E-state index is 5.38. The quantitative estimate of drug-likeness (QED) is 0.903. The highest BCUT2D eigenvalue weighted by Gasteiger charge is 2.14. The molecule has 1 rings (SSSR count). The van der Waals surface area contributed by atoms with Crippen LogP contribution in [0.5, 0.6) is 11.5 Å². The van der Waals surface area contributed by atoms with Gasteiger partial charge in [-0.05, 0) is 44.1 Å². The fourth-order valence-corrected chi connectivity index (χ4v) is 2.43. The van der Waals surface area contributed by atoms with Crippen molar-refractivity contribution in [3.05, 3.63) is 21.7 Å². The van der Waals surface area contributed by atoms with Crippen molar-refractivity contribution in [3.8, 4) is 11.5 Å². The van der Waals surface area contributed by atoms with Crippen LogP contribution in [0, 0.1) is 6.92 Å². The molecule has 0 aliphatic carbocycles. The fraction of sp³-hybridized carbons (Fsp3) is 0.500. The van der Waals surface area contributed by atoms with Crippen LogP contribution in [0.1, 0.15) is 11.1 Å². The normalized spacial score (nSPS) is 10.3. The van der Waals surface area contributed by atoms with Gasteiger partial charge in [-0.1, -0.05) is 15.9 Å². The van der Waals surface area contributed by atoms with E-state index in [9.17, 15) is 0 Å². The Kier molecular flexibility index (Phi) is 5.09. The van der Waals surface area contributed by atoms with Crippen LogP contribution in [-0.2, 0) is 6.42 Å². The lowest BCUT2D eigenvalue weighted by atomic mass is 10.0. The second-order valence-electron chi connectivity index (χ2n) is 3.55. The first kappa shape index (κ1) is 13.3. The van der Waals surface area contributed by atoms with E-state index >= 15 is 0 Å². The van der Waals surface area contributed by atoms with Gasteiger partial charge in [-0.3, -0.25) is 0 Å². The molecule has 0 aromatic heterocycles. The summed E-state index contributed by atoms with van der Waals surface area (Å²) in [4.78, 5) is 0. The number of rotatable bonds is 5. The number of halogens is 1. The highest BCUT2D eigenvalue weighted by molar-refractivity contribution is 9.10. The van der Waals surface area contributed by atoms with Crippen molar-refractivity contribution in [2.24, 2.45) is 0 Å². The molecule has 16 heavy (non-hydrogen) atoms. The number of methoxy groups -OCH3 is 2. The van der Waals surface area contributed by atoms with E-state index in [1.54, 1.807) is 14.2 Å². The standard InChI is InChI=1S/C12H18BrNO2/c1-8-9(5-6-14-2)10(13)7-11(15-3)12(8)16-4/h7,14H,5-6H2,1-4H3. The summed E-state index contributed by atoms with van der Waals surface area (Å²) in [6, 6.07) is 1.96. The molecule has 4 heteroatoms. The van der Waals surface area contributed by atoms with Crippen LogP contribution in [0.2, 0.25) is 0 Å². The average molecular weight is 288 g/mol. The van der Waals surface area contributed by atoms with Crippen LogP contribution >= 0.6 is 15.9 Å². The van der Waals surface area contributed by atoms with Gasteiger partial charge in [0.1, 0.15) is 0 Å². The zero-order chi connectivity index (χ0) is 12.1. The first-order chi connectivity index (χ1) is 7.65. The van der Waals surface area contributed by atoms with Crippen molar-refractivity contribution in [1.29, 1.82) is 0 Å². The SMILES string of the molecule is CNCCc1c(Br)cc(OC)c(OC)c1C. The topological polar surface area (TPSA) is 30.5 Å². The van der Waals surface area contributed by atoms with Gasteiger partial charge in [-0.15, -0.1) is 0 Å². The van der Waals surface area contributed by atoms with Crippen LogP contribution in [0.4, 0.5) is 0 Å². The summed E-state index contributed by atoms with van der Waals surface area (Å²) in [5, 5.41) is 3.14. The molecule has 0 unspecified atom stereocenters. The molecule has 0 fully saturated rings. The number of benzene rings is 1. The summed E-state index contributed by atoms with van der Waals surface area (Å²) in [5.74, 6) is 1.58. The van der Waals surface area contributed by atoms with Gasteiger partial charge in [0.25, 0.3) is 0 Å². The molecule has 1 N–H and O–H groups in total. The molecular weight excluding hydrogens is 270 g/mol. The zero-order valence-electron chi connectivity index (χ0n) is 10.2. The molecule has 1 aromatic rings. The van der Waals surface area contributed by atoms with E-state index in [1.165, 1.54) is 5.56 Å². The number of hydrogen-bond acceptors (Lipinski definition) is 3. The highest BCUT2D eigenvalue weighted by atomic mass is 79.9. The second kappa shape index (κ2) is 6.11. The molecule has 0 amide bonds. The van der Waals surface area contributed by atoms with Crippen LogP contribution in [0.15, 0.2) is 10.5 Å². The highest BCUT2D eigenvalue weighted by Crippen LogP contribution is 2.37. The first-order valence-corrected chi connectivity index (χ1v) is 5.99. The lowest BCUT2D eigenvalue weighted by Gasteiger charge is -2.16. The van der Waals surface area contributed by atoms with E-state index in [0.717, 1.165) is 34.5 Å². The van der Waals surface area contributed by atoms with Gasteiger partial charge in [0.05, 0.1) is 14.2 Å². The lowest BCUT2D eigenvalue weighted by molar-refractivity contribution is 0.352. The van der Waals surface area contributed by atoms with Crippen molar-refractivity contribution in [2.45, 2.75) is 13.3 Å². The maximum absolute atomic E-state index is 5.38. The summed E-state index contributed by atoms with van der Waals surface area (Å²) < 4.78 is 11.7. The largest absolute Gasteiger partial charge is 0.493 e. The van der Waals surface area contributed by atoms with Crippen LogP contribution in [0.3, 0.4) is 0 Å². The van der Waals surface area contributed by atoms with E-state index in [-0.39, 0.29) is 0 Å². The van der Waals surface area contributed by atoms with Crippen molar-refractivity contribution >= 4 is 15.9 Å². The Balaban J connectivity index is 3.18. The maximum Gasteiger partial charge on any atom is 0.163 e. The minimum absolute atomic E-state index is 0.764. The van der Waals surface area contributed by atoms with Crippen molar-refractivity contribution in [1.82, 2.24) is 5.32 Å². The van der Waals surface area contributed by atoms with Crippen molar-refractivity contribution in [2.75, 3.05) is 27.8 Å². The Labute approximate surface area is 105 Å². The minimum Gasteiger partial charge on any atom is -0.493 e. The monoisotopic (exact) mass is 287 g/mol. The Morgan fingerprint density at radius 2 is 2.00 bits per heavy atom. The van der Waals surface area contributed by atoms with Gasteiger partial charge in [-0.25, -0.2) is 0 Å². The van der Waals surface area contributed by atoms with E-state index in [1.807, 2.05) is 13.1 Å². The molecule has 3 nitrogen and oxygen atoms in total. The van der Waals surface area contributed by atoms with Gasteiger partial charge in [0, 0.05) is 4.47 Å². The van der Waals surface area contributed by atoms with Gasteiger partial charge < -0.3 is 14.8 Å². The molecular formula is C12H18BrNO2. The van der Waals surface area contributed by atoms with Crippen molar-refractivity contribution in [3.63, 3.8) is 0 Å². The van der Waals surface area contributed by atoms with Gasteiger partial charge in [0.2, 0.25) is 0 Å². The molecule has 1 aromatic carbocycles. The number of nitrogens with one attached hydrogen (secondary N) is 1. The van der Waals surface area contributed by atoms with Gasteiger partial charge >= 0.3 is 0 Å². The summed E-state index contributed by atoms with van der Waals surface area (Å²) in [5.41, 5.74) is 2.39. The van der Waals surface area contributed by atoms with E-state index < -0.39 is 0 Å². The summed E-state index contributed by atoms with van der Waals surface area (Å²) in [6.45, 7) is 2.99. The fourth-order valence-electron chi connectivity index (χ4n) is 1.73. The lowest BCUT2D eigenvalue weighted by Crippen LogP contribution is -2.12. The average Bonchev–Trinajstić information content (AvgIpc) is 2.28. The first-order valence-electron chi connectivity index (χ1n) is 5.20. The van der Waals surface area contributed by atoms with Crippen LogP contribution < -0.4 is 14.8 Å². The Bertz CT molecular complexity index is 367. The van der Waals surface area contributed by atoms with E-state index in [4.69, 9.17) is 9.47 Å². The minimum atomic E-state index is 0.764. The summed E-state index contributed by atoms with van der Waals surface area (Å²) in [7, 11) is 5.27. The Morgan fingerprint density at radius 1 is 1.31 bits per heavy atom. The molecule has 0 aliphatic rings. The third-order valence-electron chi connectivity index (χ3n) is 2.61. The number of likely N-dealkylation sites (N-methyl/N-ethyl adjacent to an activating group) is 1. The smallest absolute Gasteiger partial charge is 0.163 e. The van der Waals surface area contributed by atoms with Gasteiger partial charge in [-0.2, -0.15) is 0 Å². The van der Waals surface area contributed by atoms with E-state index in [2.05, 4.69) is 28.2 Å². The molecule has 0 atom stereocenters. The zero-order valence-corrected chi connectivity index (χ0v) is 11.8. The molecule has 0 radical (unpaired) electrons. The summed E-state index contributed by atoms with van der Waals surface area (Å²) >= 11 is 3.57. The second-order valence-corrected chi connectivity index (χ2v) is 4.41. The predicted octanol–water partition coefficient (Wildman–Crippen LogP) is 2.54. The third-order valence-corrected chi connectivity index (χ3v) is 3.32. The van der Waals surface area contributed by atoms with Crippen LogP contribution in [-0.4, -0.2) is 27.8 Å².